The standard InChI is InChI=1S/C11H15N3O5/c12-7(11(18)19)2-4-10(17)14-13-8-3-1-6(15)5-9(8)16/h1,3,5,7,13,15-16H,2,4,12H2,(H,14,17)(H,18,19)/t7-/m1/s1. The van der Waals surface area contributed by atoms with Crippen LogP contribution in [0.2, 0.25) is 0 Å². The number of benzene rings is 1. The van der Waals surface area contributed by atoms with Crippen LogP contribution in [-0.4, -0.2) is 33.2 Å². The van der Waals surface area contributed by atoms with Crippen LogP contribution in [-0.2, 0) is 9.59 Å². The molecule has 8 heteroatoms. The van der Waals surface area contributed by atoms with Crippen molar-refractivity contribution < 1.29 is 24.9 Å². The molecule has 0 aliphatic heterocycles. The number of phenols is 2. The molecule has 0 fully saturated rings. The summed E-state index contributed by atoms with van der Waals surface area (Å²) < 4.78 is 0. The molecule has 1 aromatic carbocycles. The van der Waals surface area contributed by atoms with E-state index < -0.39 is 17.9 Å². The number of carbonyl (C=O) groups is 2. The van der Waals surface area contributed by atoms with E-state index in [0.29, 0.717) is 0 Å². The Labute approximate surface area is 108 Å². The number of nitrogens with two attached hydrogens (primary N) is 1. The largest absolute Gasteiger partial charge is 0.508 e. The number of aromatic hydroxyl groups is 2. The predicted molar refractivity (Wildman–Crippen MR) is 66.4 cm³/mol. The minimum absolute atomic E-state index is 0.00437. The van der Waals surface area contributed by atoms with Crippen molar-refractivity contribution in [3.8, 4) is 11.5 Å². The fourth-order valence-electron chi connectivity index (χ4n) is 1.24. The molecule has 0 aliphatic carbocycles. The third kappa shape index (κ3) is 4.72. The zero-order chi connectivity index (χ0) is 14.4. The van der Waals surface area contributed by atoms with Gasteiger partial charge in [-0.3, -0.25) is 20.4 Å². The van der Waals surface area contributed by atoms with Crippen molar-refractivity contribution in [3.63, 3.8) is 0 Å². The maximum absolute atomic E-state index is 11.4. The highest BCUT2D eigenvalue weighted by Crippen LogP contribution is 2.26. The van der Waals surface area contributed by atoms with E-state index in [0.717, 1.165) is 6.07 Å². The number of hydrogen-bond donors (Lipinski definition) is 6. The number of amides is 1. The van der Waals surface area contributed by atoms with Crippen LogP contribution in [0.5, 0.6) is 11.5 Å². The number of rotatable bonds is 6. The van der Waals surface area contributed by atoms with Crippen LogP contribution in [0.3, 0.4) is 0 Å². The molecule has 0 heterocycles. The average Bonchev–Trinajstić information content (AvgIpc) is 2.34. The summed E-state index contributed by atoms with van der Waals surface area (Å²) in [5.74, 6) is -1.98. The number of carbonyl (C=O) groups excluding carboxylic acids is 1. The van der Waals surface area contributed by atoms with Crippen LogP contribution >= 0.6 is 0 Å². The molecule has 1 rings (SSSR count). The first-order valence-electron chi connectivity index (χ1n) is 5.45. The molecule has 1 atom stereocenters. The lowest BCUT2D eigenvalue weighted by atomic mass is 10.2. The first-order chi connectivity index (χ1) is 8.90. The molecular weight excluding hydrogens is 254 g/mol. The quantitative estimate of drug-likeness (QED) is 0.237. The van der Waals surface area contributed by atoms with Gasteiger partial charge in [-0.1, -0.05) is 0 Å². The van der Waals surface area contributed by atoms with E-state index in [9.17, 15) is 14.7 Å². The lowest BCUT2D eigenvalue weighted by Crippen LogP contribution is -2.34. The molecule has 0 unspecified atom stereocenters. The SMILES string of the molecule is N[C@H](CCC(=O)NNc1ccc(O)cc1O)C(=O)O. The average molecular weight is 269 g/mol. The lowest BCUT2D eigenvalue weighted by Gasteiger charge is -2.11. The second-order valence-electron chi connectivity index (χ2n) is 3.86. The van der Waals surface area contributed by atoms with Crippen molar-refractivity contribution in [2.24, 2.45) is 5.73 Å². The normalized spacial score (nSPS) is 11.6. The van der Waals surface area contributed by atoms with Gasteiger partial charge in [0.15, 0.2) is 0 Å². The topological polar surface area (TPSA) is 145 Å². The Morgan fingerprint density at radius 2 is 2.00 bits per heavy atom. The van der Waals surface area contributed by atoms with E-state index in [-0.39, 0.29) is 30.0 Å². The molecule has 0 radical (unpaired) electrons. The minimum atomic E-state index is -1.17. The molecule has 0 bridgehead atoms. The summed E-state index contributed by atoms with van der Waals surface area (Å²) in [6.45, 7) is 0. The Balaban J connectivity index is 2.40. The molecule has 1 aromatic rings. The molecule has 0 spiro atoms. The highest BCUT2D eigenvalue weighted by molar-refractivity contribution is 5.79. The number of anilines is 1. The van der Waals surface area contributed by atoms with Crippen LogP contribution in [0, 0.1) is 0 Å². The van der Waals surface area contributed by atoms with Crippen LogP contribution in [0.4, 0.5) is 5.69 Å². The second kappa shape index (κ2) is 6.45. The van der Waals surface area contributed by atoms with Gasteiger partial charge in [-0.05, 0) is 18.6 Å². The molecule has 0 aliphatic rings. The number of phenolic OH excluding ortho intramolecular Hbond substituents is 2. The second-order valence-corrected chi connectivity index (χ2v) is 3.86. The van der Waals surface area contributed by atoms with E-state index in [4.69, 9.17) is 15.9 Å². The Bertz CT molecular complexity index is 477. The maximum atomic E-state index is 11.4. The number of carboxylic acids is 1. The third-order valence-electron chi connectivity index (χ3n) is 2.32. The summed E-state index contributed by atoms with van der Waals surface area (Å²) in [4.78, 5) is 21.8. The van der Waals surface area contributed by atoms with Gasteiger partial charge in [-0.15, -0.1) is 0 Å². The fraction of sp³-hybridized carbons (Fsp3) is 0.273. The Hall–Kier alpha value is -2.48. The number of aliphatic carboxylic acids is 1. The van der Waals surface area contributed by atoms with Crippen molar-refractivity contribution in [3.05, 3.63) is 18.2 Å². The minimum Gasteiger partial charge on any atom is -0.508 e. The molecule has 104 valence electrons. The van der Waals surface area contributed by atoms with Crippen molar-refractivity contribution in [1.29, 1.82) is 0 Å². The zero-order valence-corrected chi connectivity index (χ0v) is 9.96. The Morgan fingerprint density at radius 1 is 1.32 bits per heavy atom. The molecule has 7 N–H and O–H groups in total. The van der Waals surface area contributed by atoms with Crippen LogP contribution in [0.15, 0.2) is 18.2 Å². The van der Waals surface area contributed by atoms with Gasteiger partial charge >= 0.3 is 5.97 Å². The molecule has 0 saturated carbocycles. The van der Waals surface area contributed by atoms with Gasteiger partial charge in [0, 0.05) is 12.5 Å². The van der Waals surface area contributed by atoms with Crippen LogP contribution < -0.4 is 16.6 Å². The van der Waals surface area contributed by atoms with Crippen LogP contribution in [0.25, 0.3) is 0 Å². The Morgan fingerprint density at radius 3 is 2.58 bits per heavy atom. The number of hydrogen-bond acceptors (Lipinski definition) is 6. The number of carboxylic acid groups (broad SMARTS) is 1. The van der Waals surface area contributed by atoms with Crippen molar-refractivity contribution in [2.45, 2.75) is 18.9 Å². The van der Waals surface area contributed by atoms with Gasteiger partial charge in [-0.2, -0.15) is 0 Å². The summed E-state index contributed by atoms with van der Waals surface area (Å²) in [5, 5.41) is 27.0. The smallest absolute Gasteiger partial charge is 0.320 e. The first-order valence-corrected chi connectivity index (χ1v) is 5.45. The maximum Gasteiger partial charge on any atom is 0.320 e. The van der Waals surface area contributed by atoms with E-state index in [1.807, 2.05) is 0 Å². The van der Waals surface area contributed by atoms with Gasteiger partial charge in [0.1, 0.15) is 17.5 Å². The molecule has 0 aromatic heterocycles. The highest BCUT2D eigenvalue weighted by Gasteiger charge is 2.13. The number of hydrazine groups is 1. The number of nitrogens with one attached hydrogen (secondary N) is 2. The first kappa shape index (κ1) is 14.6. The van der Waals surface area contributed by atoms with Gasteiger partial charge in [0.05, 0.1) is 5.69 Å². The van der Waals surface area contributed by atoms with Gasteiger partial charge in [-0.25, -0.2) is 0 Å². The predicted octanol–water partition coefficient (Wildman–Crippen LogP) is -0.267. The van der Waals surface area contributed by atoms with Gasteiger partial charge in [0.25, 0.3) is 0 Å². The summed E-state index contributed by atoms with van der Waals surface area (Å²) >= 11 is 0. The summed E-state index contributed by atoms with van der Waals surface area (Å²) in [5.41, 5.74) is 10.2. The van der Waals surface area contributed by atoms with E-state index in [1.165, 1.54) is 12.1 Å². The summed E-state index contributed by atoms with van der Waals surface area (Å²) in [6.07, 6.45) is -0.0658. The molecule has 1 amide bonds. The molecular formula is C11H15N3O5. The van der Waals surface area contributed by atoms with Crippen LogP contribution in [0.1, 0.15) is 12.8 Å². The summed E-state index contributed by atoms with van der Waals surface area (Å²) in [7, 11) is 0. The monoisotopic (exact) mass is 269 g/mol. The third-order valence-corrected chi connectivity index (χ3v) is 2.32. The fourth-order valence-corrected chi connectivity index (χ4v) is 1.24. The van der Waals surface area contributed by atoms with Gasteiger partial charge in [0.2, 0.25) is 5.91 Å². The zero-order valence-electron chi connectivity index (χ0n) is 9.96. The van der Waals surface area contributed by atoms with Crippen molar-refractivity contribution in [2.75, 3.05) is 5.43 Å². The van der Waals surface area contributed by atoms with E-state index in [2.05, 4.69) is 10.9 Å². The van der Waals surface area contributed by atoms with E-state index >= 15 is 0 Å². The lowest BCUT2D eigenvalue weighted by molar-refractivity contribution is -0.138. The van der Waals surface area contributed by atoms with Crippen molar-refractivity contribution >= 4 is 17.6 Å². The van der Waals surface area contributed by atoms with E-state index in [1.54, 1.807) is 0 Å². The molecule has 19 heavy (non-hydrogen) atoms. The van der Waals surface area contributed by atoms with Gasteiger partial charge < -0.3 is 21.1 Å². The summed E-state index contributed by atoms with van der Waals surface area (Å²) in [6, 6.07) is 2.71. The molecule has 8 nitrogen and oxygen atoms in total. The molecule has 0 saturated heterocycles. The highest BCUT2D eigenvalue weighted by atomic mass is 16.4. The Kier molecular flexibility index (Phi) is 4.95. The van der Waals surface area contributed by atoms with Crippen molar-refractivity contribution in [1.82, 2.24) is 5.43 Å².